The topological polar surface area (TPSA) is 83.8 Å². The highest BCUT2D eigenvalue weighted by molar-refractivity contribution is 5.96. The van der Waals surface area contributed by atoms with Gasteiger partial charge < -0.3 is 20.3 Å². The number of ether oxygens (including phenoxy) is 1. The zero-order valence-electron chi connectivity index (χ0n) is 21.6. The van der Waals surface area contributed by atoms with Crippen LogP contribution in [0.1, 0.15) is 28.8 Å². The summed E-state index contributed by atoms with van der Waals surface area (Å²) in [4.78, 5) is 24.4. The molecule has 6 rings (SSSR count). The van der Waals surface area contributed by atoms with Gasteiger partial charge >= 0.3 is 0 Å². The molecule has 196 valence electrons. The van der Waals surface area contributed by atoms with Gasteiger partial charge in [-0.1, -0.05) is 6.07 Å². The summed E-state index contributed by atoms with van der Waals surface area (Å²) in [5, 5.41) is 6.51. The maximum absolute atomic E-state index is 13.6. The minimum absolute atomic E-state index is 0.0282. The molecule has 8 nitrogen and oxygen atoms in total. The fourth-order valence-corrected chi connectivity index (χ4v) is 4.85. The number of likely N-dealkylation sites (N-methyl/N-ethyl adjacent to an activating group) is 1. The summed E-state index contributed by atoms with van der Waals surface area (Å²) in [6.45, 7) is 4.99. The fraction of sp³-hybridized carbons (Fsp3) is 0.345. The summed E-state index contributed by atoms with van der Waals surface area (Å²) in [5.41, 5.74) is 5.58. The summed E-state index contributed by atoms with van der Waals surface area (Å²) in [6, 6.07) is 12.5. The van der Waals surface area contributed by atoms with E-state index >= 15 is 0 Å². The molecular formula is C29H31FN6O2. The quantitative estimate of drug-likeness (QED) is 0.386. The van der Waals surface area contributed by atoms with Crippen molar-refractivity contribution in [1.82, 2.24) is 24.6 Å². The van der Waals surface area contributed by atoms with E-state index in [1.165, 1.54) is 12.1 Å². The number of nitrogens with one attached hydrogen (secondary N) is 2. The van der Waals surface area contributed by atoms with Crippen molar-refractivity contribution in [2.24, 2.45) is 0 Å². The van der Waals surface area contributed by atoms with E-state index in [0.29, 0.717) is 41.9 Å². The minimum Gasteiger partial charge on any atom is -0.374 e. The average Bonchev–Trinajstić information content (AvgIpc) is 3.62. The van der Waals surface area contributed by atoms with E-state index in [0.717, 1.165) is 48.3 Å². The first-order valence-electron chi connectivity index (χ1n) is 13.0. The van der Waals surface area contributed by atoms with Gasteiger partial charge in [0.2, 0.25) is 0 Å². The number of morpholine rings is 1. The lowest BCUT2D eigenvalue weighted by Gasteiger charge is -2.30. The highest BCUT2D eigenvalue weighted by Crippen LogP contribution is 2.29. The third-order valence-corrected chi connectivity index (χ3v) is 7.15. The molecule has 2 aromatic heterocycles. The smallest absolute Gasteiger partial charge is 0.251 e. The van der Waals surface area contributed by atoms with Gasteiger partial charge in [-0.15, -0.1) is 0 Å². The predicted octanol–water partition coefficient (Wildman–Crippen LogP) is 4.15. The molecule has 3 heterocycles. The van der Waals surface area contributed by atoms with E-state index < -0.39 is 0 Å². The first kappa shape index (κ1) is 24.5. The Morgan fingerprint density at radius 1 is 1.16 bits per heavy atom. The minimum atomic E-state index is -0.295. The van der Waals surface area contributed by atoms with Crippen LogP contribution in [0.4, 0.5) is 10.2 Å². The lowest BCUT2D eigenvalue weighted by Crippen LogP contribution is -2.43. The van der Waals surface area contributed by atoms with Crippen LogP contribution in [-0.4, -0.2) is 70.6 Å². The van der Waals surface area contributed by atoms with Crippen molar-refractivity contribution < 1.29 is 13.9 Å². The van der Waals surface area contributed by atoms with Crippen LogP contribution in [0.15, 0.2) is 54.9 Å². The largest absolute Gasteiger partial charge is 0.374 e. The normalized spacial score (nSPS) is 18.0. The van der Waals surface area contributed by atoms with Crippen molar-refractivity contribution in [2.75, 3.05) is 38.6 Å². The molecule has 2 aliphatic rings. The Morgan fingerprint density at radius 2 is 1.95 bits per heavy atom. The maximum atomic E-state index is 13.6. The second kappa shape index (κ2) is 10.2. The second-order valence-electron chi connectivity index (χ2n) is 10.2. The number of aryl methyl sites for hydroxylation is 1. The number of carbonyl (C=O) groups is 1. The average molecular weight is 515 g/mol. The summed E-state index contributed by atoms with van der Waals surface area (Å²) in [7, 11) is 2.09. The van der Waals surface area contributed by atoms with Gasteiger partial charge in [-0.2, -0.15) is 0 Å². The van der Waals surface area contributed by atoms with Crippen LogP contribution in [-0.2, 0) is 4.74 Å². The van der Waals surface area contributed by atoms with E-state index in [2.05, 4.69) is 22.6 Å². The number of hydrogen-bond donors (Lipinski definition) is 2. The Morgan fingerprint density at radius 3 is 2.68 bits per heavy atom. The Hall–Kier alpha value is -3.82. The van der Waals surface area contributed by atoms with E-state index in [4.69, 9.17) is 14.7 Å². The summed E-state index contributed by atoms with van der Waals surface area (Å²) in [5.74, 6) is 0.308. The molecule has 1 unspecified atom stereocenters. The van der Waals surface area contributed by atoms with Gasteiger partial charge in [0, 0.05) is 48.6 Å². The van der Waals surface area contributed by atoms with Crippen LogP contribution in [0.2, 0.25) is 0 Å². The molecule has 1 atom stereocenters. The highest BCUT2D eigenvalue weighted by Gasteiger charge is 2.25. The van der Waals surface area contributed by atoms with E-state index in [1.807, 2.05) is 41.9 Å². The lowest BCUT2D eigenvalue weighted by atomic mass is 10.0. The van der Waals surface area contributed by atoms with Crippen LogP contribution in [0.5, 0.6) is 0 Å². The van der Waals surface area contributed by atoms with Gasteiger partial charge in [0.25, 0.3) is 5.91 Å². The molecular weight excluding hydrogens is 483 g/mol. The number of nitrogens with zero attached hydrogens (tertiary/aromatic N) is 4. The van der Waals surface area contributed by atoms with Gasteiger partial charge in [0.15, 0.2) is 11.5 Å². The number of hydrogen-bond acceptors (Lipinski definition) is 6. The van der Waals surface area contributed by atoms with Gasteiger partial charge in [-0.05, 0) is 68.8 Å². The predicted molar refractivity (Wildman–Crippen MR) is 145 cm³/mol. The van der Waals surface area contributed by atoms with E-state index in [9.17, 15) is 9.18 Å². The van der Waals surface area contributed by atoms with Gasteiger partial charge in [0.05, 0.1) is 30.3 Å². The number of rotatable bonds is 7. The first-order valence-corrected chi connectivity index (χ1v) is 13.0. The van der Waals surface area contributed by atoms with Crippen LogP contribution in [0, 0.1) is 12.7 Å². The molecule has 1 amide bonds. The van der Waals surface area contributed by atoms with Crippen LogP contribution in [0.25, 0.3) is 28.2 Å². The fourth-order valence-electron chi connectivity index (χ4n) is 4.85. The molecule has 0 bridgehead atoms. The van der Waals surface area contributed by atoms with Crippen molar-refractivity contribution in [1.29, 1.82) is 0 Å². The maximum Gasteiger partial charge on any atom is 0.251 e. The third kappa shape index (κ3) is 5.12. The Bertz CT molecular complexity index is 1480. The van der Waals surface area contributed by atoms with Crippen molar-refractivity contribution >= 4 is 17.4 Å². The molecule has 1 saturated heterocycles. The number of aromatic nitrogens is 3. The number of anilines is 1. The molecule has 0 radical (unpaired) electrons. The Kier molecular flexibility index (Phi) is 6.55. The number of amides is 1. The molecule has 9 heteroatoms. The van der Waals surface area contributed by atoms with Crippen LogP contribution in [0.3, 0.4) is 0 Å². The number of fused-ring (bicyclic) bond motifs is 1. The van der Waals surface area contributed by atoms with E-state index in [-0.39, 0.29) is 17.8 Å². The molecule has 1 aliphatic heterocycles. The molecule has 2 N–H and O–H groups in total. The summed E-state index contributed by atoms with van der Waals surface area (Å²) < 4.78 is 21.6. The SMILES string of the molecule is Cc1cc(-c2cnc3c(NCC4CN(C)CCO4)nc(-c4ccc(F)cc4)cn23)ccc1C(=O)NC1CC1. The third-order valence-electron chi connectivity index (χ3n) is 7.15. The molecule has 1 saturated carbocycles. The van der Waals surface area contributed by atoms with Gasteiger partial charge in [0.1, 0.15) is 5.82 Å². The molecule has 2 aromatic carbocycles. The molecule has 1 aliphatic carbocycles. The van der Waals surface area contributed by atoms with Crippen molar-refractivity contribution in [3.05, 3.63) is 71.8 Å². The number of imidazole rings is 1. The molecule has 4 aromatic rings. The van der Waals surface area contributed by atoms with Gasteiger partial charge in [-0.3, -0.25) is 9.20 Å². The van der Waals surface area contributed by atoms with Crippen molar-refractivity contribution in [2.45, 2.75) is 31.9 Å². The molecule has 2 fully saturated rings. The Labute approximate surface area is 220 Å². The van der Waals surface area contributed by atoms with Gasteiger partial charge in [-0.25, -0.2) is 14.4 Å². The van der Waals surface area contributed by atoms with Crippen LogP contribution >= 0.6 is 0 Å². The molecule has 38 heavy (non-hydrogen) atoms. The zero-order chi connectivity index (χ0) is 26.2. The summed E-state index contributed by atoms with van der Waals surface area (Å²) >= 11 is 0. The van der Waals surface area contributed by atoms with Crippen LogP contribution < -0.4 is 10.6 Å². The van der Waals surface area contributed by atoms with E-state index in [1.54, 1.807) is 12.1 Å². The lowest BCUT2D eigenvalue weighted by molar-refractivity contribution is -0.0117. The van der Waals surface area contributed by atoms with Crippen molar-refractivity contribution in [3.63, 3.8) is 0 Å². The number of halogens is 1. The monoisotopic (exact) mass is 514 g/mol. The first-order chi connectivity index (χ1) is 18.4. The number of benzene rings is 2. The zero-order valence-corrected chi connectivity index (χ0v) is 21.6. The Balaban J connectivity index is 1.37. The molecule has 0 spiro atoms. The standard InChI is InChI=1S/C29H31FN6O2/c1-18-13-20(5-10-24(18)29(37)33-22-8-9-22)26-15-32-28-27(31-14-23-16-35(2)11-12-38-23)34-25(17-36(26)28)19-3-6-21(30)7-4-19/h3-7,10,13,15,17,22-23H,8-9,11-12,14,16H2,1-2H3,(H,31,34)(H,33,37). The van der Waals surface area contributed by atoms with Crippen molar-refractivity contribution in [3.8, 4) is 22.5 Å². The number of carbonyl (C=O) groups excluding carboxylic acids is 1. The summed E-state index contributed by atoms with van der Waals surface area (Å²) in [6.07, 6.45) is 5.88. The second-order valence-corrected chi connectivity index (χ2v) is 10.2. The highest BCUT2D eigenvalue weighted by atomic mass is 19.1.